The summed E-state index contributed by atoms with van der Waals surface area (Å²) in [6, 6.07) is 3.68. The quantitative estimate of drug-likeness (QED) is 0.364. The molecule has 1 aromatic carbocycles. The van der Waals surface area contributed by atoms with Gasteiger partial charge in [-0.3, -0.25) is 10.1 Å². The maximum Gasteiger partial charge on any atom is 0.335 e. The predicted molar refractivity (Wildman–Crippen MR) is 74.1 cm³/mol. The number of aliphatic hydroxyl groups is 1. The monoisotopic (exact) mass is 282 g/mol. The summed E-state index contributed by atoms with van der Waals surface area (Å²) in [5.74, 6) is -1.12. The van der Waals surface area contributed by atoms with Gasteiger partial charge in [0.05, 0.1) is 10.5 Å². The van der Waals surface area contributed by atoms with E-state index >= 15 is 0 Å². The van der Waals surface area contributed by atoms with Crippen molar-refractivity contribution in [3.63, 3.8) is 0 Å². The summed E-state index contributed by atoms with van der Waals surface area (Å²) >= 11 is 0. The van der Waals surface area contributed by atoms with Gasteiger partial charge >= 0.3 is 5.97 Å². The Hall–Kier alpha value is -2.15. The highest BCUT2D eigenvalue weighted by atomic mass is 16.6. The number of nitrogens with one attached hydrogen (secondary N) is 1. The second-order valence-electron chi connectivity index (χ2n) is 4.36. The van der Waals surface area contributed by atoms with Gasteiger partial charge in [-0.15, -0.1) is 0 Å². The zero-order valence-corrected chi connectivity index (χ0v) is 11.0. The molecule has 0 saturated carbocycles. The second-order valence-corrected chi connectivity index (χ2v) is 4.36. The lowest BCUT2D eigenvalue weighted by Gasteiger charge is -2.08. The number of anilines is 1. The van der Waals surface area contributed by atoms with Crippen molar-refractivity contribution in [1.29, 1.82) is 0 Å². The van der Waals surface area contributed by atoms with Gasteiger partial charge in [0.25, 0.3) is 5.69 Å². The fourth-order valence-electron chi connectivity index (χ4n) is 1.78. The Balaban J connectivity index is 2.63. The smallest absolute Gasteiger partial charge is 0.335 e. The molecule has 0 amide bonds. The van der Waals surface area contributed by atoms with Gasteiger partial charge in [-0.2, -0.15) is 0 Å². The minimum absolute atomic E-state index is 0.0124. The Morgan fingerprint density at radius 2 is 1.95 bits per heavy atom. The van der Waals surface area contributed by atoms with Gasteiger partial charge in [-0.05, 0) is 25.0 Å². The van der Waals surface area contributed by atoms with Crippen molar-refractivity contribution < 1.29 is 19.9 Å². The summed E-state index contributed by atoms with van der Waals surface area (Å²) in [4.78, 5) is 21.2. The van der Waals surface area contributed by atoms with Crippen molar-refractivity contribution in [2.75, 3.05) is 18.5 Å². The van der Waals surface area contributed by atoms with Crippen LogP contribution in [0, 0.1) is 10.1 Å². The van der Waals surface area contributed by atoms with Gasteiger partial charge in [-0.25, -0.2) is 4.79 Å². The Bertz CT molecular complexity index is 476. The third-order valence-corrected chi connectivity index (χ3v) is 2.84. The predicted octanol–water partition coefficient (Wildman–Crippen LogP) is 2.26. The number of aliphatic hydroxyl groups excluding tert-OH is 1. The number of carboxylic acid groups (broad SMARTS) is 1. The van der Waals surface area contributed by atoms with Crippen molar-refractivity contribution in [3.05, 3.63) is 33.9 Å². The topological polar surface area (TPSA) is 113 Å². The molecular formula is C13H18N2O5. The lowest BCUT2D eigenvalue weighted by Crippen LogP contribution is -2.06. The highest BCUT2D eigenvalue weighted by molar-refractivity contribution is 5.90. The number of nitro benzene ring substituents is 1. The number of carboxylic acids is 1. The zero-order valence-electron chi connectivity index (χ0n) is 11.0. The van der Waals surface area contributed by atoms with E-state index in [2.05, 4.69) is 5.32 Å². The minimum Gasteiger partial charge on any atom is -0.478 e. The van der Waals surface area contributed by atoms with E-state index < -0.39 is 10.9 Å². The zero-order chi connectivity index (χ0) is 15.0. The Morgan fingerprint density at radius 1 is 1.25 bits per heavy atom. The van der Waals surface area contributed by atoms with Crippen molar-refractivity contribution in [1.82, 2.24) is 0 Å². The standard InChI is InChI=1S/C13H18N2O5/c16-8-4-2-1-3-7-14-11-9-10(13(17)18)5-6-12(11)15(19)20/h5-6,9,14,16H,1-4,7-8H2,(H,17,18). The normalized spacial score (nSPS) is 10.2. The van der Waals surface area contributed by atoms with E-state index in [0.717, 1.165) is 25.7 Å². The minimum atomic E-state index is -1.12. The van der Waals surface area contributed by atoms with Crippen molar-refractivity contribution in [3.8, 4) is 0 Å². The number of nitrogens with zero attached hydrogens (tertiary/aromatic N) is 1. The molecule has 0 unspecified atom stereocenters. The van der Waals surface area contributed by atoms with Gasteiger partial charge in [0.2, 0.25) is 0 Å². The van der Waals surface area contributed by atoms with Crippen LogP contribution in [0.4, 0.5) is 11.4 Å². The first-order valence-corrected chi connectivity index (χ1v) is 6.42. The van der Waals surface area contributed by atoms with Crippen LogP contribution in [0.1, 0.15) is 36.0 Å². The van der Waals surface area contributed by atoms with Gasteiger partial charge in [0.15, 0.2) is 0 Å². The molecule has 1 aromatic rings. The molecule has 0 bridgehead atoms. The molecule has 3 N–H and O–H groups in total. The van der Waals surface area contributed by atoms with Crippen LogP contribution >= 0.6 is 0 Å². The number of aromatic carboxylic acids is 1. The van der Waals surface area contributed by atoms with Crippen LogP contribution in [-0.2, 0) is 0 Å². The Morgan fingerprint density at radius 3 is 2.55 bits per heavy atom. The van der Waals surface area contributed by atoms with E-state index in [1.54, 1.807) is 0 Å². The SMILES string of the molecule is O=C(O)c1ccc([N+](=O)[O-])c(NCCCCCCO)c1. The van der Waals surface area contributed by atoms with E-state index in [1.807, 2.05) is 0 Å². The molecule has 0 aliphatic rings. The third kappa shape index (κ3) is 4.85. The number of unbranched alkanes of at least 4 members (excludes halogenated alkanes) is 3. The highest BCUT2D eigenvalue weighted by Crippen LogP contribution is 2.25. The molecule has 1 rings (SSSR count). The first kappa shape index (κ1) is 15.9. The fourth-order valence-corrected chi connectivity index (χ4v) is 1.78. The van der Waals surface area contributed by atoms with E-state index in [4.69, 9.17) is 10.2 Å². The van der Waals surface area contributed by atoms with Crippen LogP contribution < -0.4 is 5.32 Å². The molecule has 0 aliphatic carbocycles. The molecule has 7 nitrogen and oxygen atoms in total. The van der Waals surface area contributed by atoms with Gasteiger partial charge in [-0.1, -0.05) is 12.8 Å². The van der Waals surface area contributed by atoms with Crippen molar-refractivity contribution >= 4 is 17.3 Å². The summed E-state index contributed by atoms with van der Waals surface area (Å²) in [5, 5.41) is 31.3. The summed E-state index contributed by atoms with van der Waals surface area (Å²) in [6.45, 7) is 0.689. The molecule has 20 heavy (non-hydrogen) atoms. The van der Waals surface area contributed by atoms with Crippen molar-refractivity contribution in [2.45, 2.75) is 25.7 Å². The molecule has 110 valence electrons. The number of hydrogen-bond acceptors (Lipinski definition) is 5. The summed E-state index contributed by atoms with van der Waals surface area (Å²) in [7, 11) is 0. The second kappa shape index (κ2) is 8.11. The number of benzene rings is 1. The third-order valence-electron chi connectivity index (χ3n) is 2.84. The lowest BCUT2D eigenvalue weighted by molar-refractivity contribution is -0.384. The average molecular weight is 282 g/mol. The molecule has 0 heterocycles. The molecule has 0 saturated heterocycles. The summed E-state index contributed by atoms with van der Waals surface area (Å²) in [6.07, 6.45) is 3.35. The van der Waals surface area contributed by atoms with Crippen molar-refractivity contribution in [2.24, 2.45) is 0 Å². The molecule has 0 aliphatic heterocycles. The van der Waals surface area contributed by atoms with Gasteiger partial charge in [0, 0.05) is 19.2 Å². The highest BCUT2D eigenvalue weighted by Gasteiger charge is 2.15. The maximum atomic E-state index is 10.9. The van der Waals surface area contributed by atoms with E-state index in [1.165, 1.54) is 18.2 Å². The van der Waals surface area contributed by atoms with E-state index in [9.17, 15) is 14.9 Å². The molecule has 0 atom stereocenters. The van der Waals surface area contributed by atoms with Crippen LogP contribution in [0.15, 0.2) is 18.2 Å². The van der Waals surface area contributed by atoms with E-state index in [-0.39, 0.29) is 23.5 Å². The molecule has 0 fully saturated rings. The number of nitro groups is 1. The molecule has 7 heteroatoms. The summed E-state index contributed by atoms with van der Waals surface area (Å²) < 4.78 is 0. The molecule has 0 spiro atoms. The molecular weight excluding hydrogens is 264 g/mol. The van der Waals surface area contributed by atoms with Crippen LogP contribution in [-0.4, -0.2) is 34.3 Å². The molecule has 0 radical (unpaired) electrons. The number of carbonyl (C=O) groups is 1. The maximum absolute atomic E-state index is 10.9. The molecule has 0 aromatic heterocycles. The van der Waals surface area contributed by atoms with Crippen LogP contribution in [0.2, 0.25) is 0 Å². The summed E-state index contributed by atoms with van der Waals surface area (Å²) in [5.41, 5.74) is 0.0980. The first-order chi connectivity index (χ1) is 9.56. The Labute approximate surface area is 116 Å². The van der Waals surface area contributed by atoms with E-state index in [0.29, 0.717) is 6.54 Å². The largest absolute Gasteiger partial charge is 0.478 e. The van der Waals surface area contributed by atoms with Crippen LogP contribution in [0.3, 0.4) is 0 Å². The fraction of sp³-hybridized carbons (Fsp3) is 0.462. The number of rotatable bonds is 9. The Kier molecular flexibility index (Phi) is 6.45. The van der Waals surface area contributed by atoms with Crippen LogP contribution in [0.25, 0.3) is 0 Å². The van der Waals surface area contributed by atoms with Gasteiger partial charge < -0.3 is 15.5 Å². The van der Waals surface area contributed by atoms with Crippen LogP contribution in [0.5, 0.6) is 0 Å². The average Bonchev–Trinajstić information content (AvgIpc) is 2.42. The van der Waals surface area contributed by atoms with Gasteiger partial charge in [0.1, 0.15) is 5.69 Å². The first-order valence-electron chi connectivity index (χ1n) is 6.42. The lowest BCUT2D eigenvalue weighted by atomic mass is 10.1. The number of hydrogen-bond donors (Lipinski definition) is 3.